The van der Waals surface area contributed by atoms with Gasteiger partial charge in [0.15, 0.2) is 0 Å². The average Bonchev–Trinajstić information content (AvgIpc) is 2.12. The maximum atomic E-state index is 3.51. The van der Waals surface area contributed by atoms with E-state index in [0.29, 0.717) is 6.04 Å². The van der Waals surface area contributed by atoms with E-state index in [1.807, 2.05) is 0 Å². The molecule has 0 aliphatic heterocycles. The quantitative estimate of drug-likeness (QED) is 0.605. The van der Waals surface area contributed by atoms with Crippen molar-refractivity contribution in [3.8, 4) is 0 Å². The zero-order chi connectivity index (χ0) is 11.0. The van der Waals surface area contributed by atoms with Crippen LogP contribution in [0.1, 0.15) is 40.5 Å². The van der Waals surface area contributed by atoms with E-state index < -0.39 is 0 Å². The second kappa shape index (κ2) is 8.25. The second-order valence-electron chi connectivity index (χ2n) is 4.67. The molecule has 1 atom stereocenters. The summed E-state index contributed by atoms with van der Waals surface area (Å²) in [6, 6.07) is 0.657. The topological polar surface area (TPSA) is 15.3 Å². The summed E-state index contributed by atoms with van der Waals surface area (Å²) in [5.41, 5.74) is 0. The Morgan fingerprint density at radius 2 is 1.86 bits per heavy atom. The lowest BCUT2D eigenvalue weighted by atomic mass is 10.1. The molecule has 0 aromatic carbocycles. The fraction of sp³-hybridized carbons (Fsp3) is 1.00. The van der Waals surface area contributed by atoms with Gasteiger partial charge in [0.05, 0.1) is 0 Å². The van der Waals surface area contributed by atoms with Crippen LogP contribution in [0.15, 0.2) is 0 Å². The van der Waals surface area contributed by atoms with Crippen LogP contribution in [0.4, 0.5) is 0 Å². The molecule has 86 valence electrons. The number of likely N-dealkylation sites (N-methyl/N-ethyl adjacent to an activating group) is 1. The molecule has 0 spiro atoms. The van der Waals surface area contributed by atoms with Gasteiger partial charge >= 0.3 is 0 Å². The smallest absolute Gasteiger partial charge is 0.0106 e. The first-order valence-electron chi connectivity index (χ1n) is 5.98. The average molecular weight is 200 g/mol. The SMILES string of the molecule is CCCC(C)CNCCN(C)C(C)C. The van der Waals surface area contributed by atoms with Crippen LogP contribution in [0, 0.1) is 5.92 Å². The molecule has 1 unspecified atom stereocenters. The molecule has 0 saturated heterocycles. The van der Waals surface area contributed by atoms with Crippen LogP contribution in [0.25, 0.3) is 0 Å². The van der Waals surface area contributed by atoms with Crippen LogP contribution >= 0.6 is 0 Å². The lowest BCUT2D eigenvalue weighted by Gasteiger charge is -2.21. The molecule has 0 aliphatic rings. The number of nitrogens with one attached hydrogen (secondary N) is 1. The van der Waals surface area contributed by atoms with Crippen molar-refractivity contribution in [3.05, 3.63) is 0 Å². The third-order valence-electron chi connectivity index (χ3n) is 2.80. The molecule has 0 aromatic rings. The second-order valence-corrected chi connectivity index (χ2v) is 4.67. The highest BCUT2D eigenvalue weighted by atomic mass is 15.1. The molecule has 0 rings (SSSR count). The van der Waals surface area contributed by atoms with E-state index in [-0.39, 0.29) is 0 Å². The van der Waals surface area contributed by atoms with Gasteiger partial charge in [-0.1, -0.05) is 20.3 Å². The van der Waals surface area contributed by atoms with E-state index >= 15 is 0 Å². The Bertz CT molecular complexity index is 123. The summed E-state index contributed by atoms with van der Waals surface area (Å²) in [6.07, 6.45) is 2.64. The Kier molecular flexibility index (Phi) is 8.20. The molecule has 1 N–H and O–H groups in total. The Hall–Kier alpha value is -0.0800. The first-order valence-corrected chi connectivity index (χ1v) is 5.98. The van der Waals surface area contributed by atoms with E-state index in [2.05, 4.69) is 45.0 Å². The molecule has 14 heavy (non-hydrogen) atoms. The predicted octanol–water partition coefficient (Wildman–Crippen LogP) is 2.35. The third-order valence-corrected chi connectivity index (χ3v) is 2.80. The number of hydrogen-bond acceptors (Lipinski definition) is 2. The number of rotatable bonds is 8. The van der Waals surface area contributed by atoms with Crippen LogP contribution in [0.3, 0.4) is 0 Å². The van der Waals surface area contributed by atoms with Crippen molar-refractivity contribution in [2.24, 2.45) is 5.92 Å². The van der Waals surface area contributed by atoms with Gasteiger partial charge in [0.1, 0.15) is 0 Å². The lowest BCUT2D eigenvalue weighted by molar-refractivity contribution is 0.271. The Balaban J connectivity index is 3.28. The minimum absolute atomic E-state index is 0.657. The van der Waals surface area contributed by atoms with Crippen LogP contribution in [-0.2, 0) is 0 Å². The van der Waals surface area contributed by atoms with E-state index in [4.69, 9.17) is 0 Å². The maximum Gasteiger partial charge on any atom is 0.0106 e. The van der Waals surface area contributed by atoms with Gasteiger partial charge in [0.2, 0.25) is 0 Å². The van der Waals surface area contributed by atoms with Gasteiger partial charge in [-0.05, 0) is 39.8 Å². The predicted molar refractivity (Wildman–Crippen MR) is 64.7 cm³/mol. The summed E-state index contributed by atoms with van der Waals surface area (Å²) in [6.45, 7) is 12.5. The summed E-state index contributed by atoms with van der Waals surface area (Å²) < 4.78 is 0. The first-order chi connectivity index (χ1) is 6.57. The standard InChI is InChI=1S/C12H28N2/c1-6-7-12(4)10-13-8-9-14(5)11(2)3/h11-13H,6-10H2,1-5H3. The van der Waals surface area contributed by atoms with Crippen molar-refractivity contribution >= 4 is 0 Å². The number of hydrogen-bond donors (Lipinski definition) is 1. The monoisotopic (exact) mass is 200 g/mol. The Morgan fingerprint density at radius 3 is 2.36 bits per heavy atom. The molecule has 0 aromatic heterocycles. The zero-order valence-corrected chi connectivity index (χ0v) is 10.6. The van der Waals surface area contributed by atoms with Gasteiger partial charge in [-0.15, -0.1) is 0 Å². The maximum absolute atomic E-state index is 3.51. The van der Waals surface area contributed by atoms with Crippen LogP contribution in [0.5, 0.6) is 0 Å². The van der Waals surface area contributed by atoms with E-state index in [1.54, 1.807) is 0 Å². The first kappa shape index (κ1) is 13.9. The molecular formula is C12H28N2. The fourth-order valence-electron chi connectivity index (χ4n) is 1.46. The minimum atomic E-state index is 0.657. The van der Waals surface area contributed by atoms with Crippen molar-refractivity contribution in [2.45, 2.75) is 46.6 Å². The largest absolute Gasteiger partial charge is 0.315 e. The molecule has 0 bridgehead atoms. The molecule has 0 heterocycles. The van der Waals surface area contributed by atoms with Crippen molar-refractivity contribution in [1.29, 1.82) is 0 Å². The zero-order valence-electron chi connectivity index (χ0n) is 10.6. The molecule has 2 heteroatoms. The van der Waals surface area contributed by atoms with Crippen LogP contribution in [0.2, 0.25) is 0 Å². The van der Waals surface area contributed by atoms with Crippen LogP contribution < -0.4 is 5.32 Å². The normalized spacial score (nSPS) is 13.9. The van der Waals surface area contributed by atoms with Gasteiger partial charge in [0, 0.05) is 19.1 Å². The van der Waals surface area contributed by atoms with Crippen molar-refractivity contribution in [3.63, 3.8) is 0 Å². The van der Waals surface area contributed by atoms with Gasteiger partial charge < -0.3 is 10.2 Å². The Morgan fingerprint density at radius 1 is 1.21 bits per heavy atom. The summed E-state index contributed by atoms with van der Waals surface area (Å²) in [4.78, 5) is 2.37. The van der Waals surface area contributed by atoms with Gasteiger partial charge in [-0.2, -0.15) is 0 Å². The lowest BCUT2D eigenvalue weighted by Crippen LogP contribution is -2.35. The summed E-state index contributed by atoms with van der Waals surface area (Å²) in [5, 5.41) is 3.51. The highest BCUT2D eigenvalue weighted by molar-refractivity contribution is 4.61. The Labute approximate surface area is 90.1 Å². The van der Waals surface area contributed by atoms with Gasteiger partial charge in [-0.3, -0.25) is 0 Å². The van der Waals surface area contributed by atoms with Gasteiger partial charge in [-0.25, -0.2) is 0 Å². The summed E-state index contributed by atoms with van der Waals surface area (Å²) in [5.74, 6) is 0.823. The molecule has 0 amide bonds. The molecule has 2 nitrogen and oxygen atoms in total. The molecular weight excluding hydrogens is 172 g/mol. The molecule has 0 aliphatic carbocycles. The van der Waals surface area contributed by atoms with Gasteiger partial charge in [0.25, 0.3) is 0 Å². The molecule has 0 fully saturated rings. The minimum Gasteiger partial charge on any atom is -0.315 e. The number of nitrogens with zero attached hydrogens (tertiary/aromatic N) is 1. The van der Waals surface area contributed by atoms with E-state index in [1.165, 1.54) is 19.4 Å². The summed E-state index contributed by atoms with van der Waals surface area (Å²) >= 11 is 0. The molecule has 0 radical (unpaired) electrons. The summed E-state index contributed by atoms with van der Waals surface area (Å²) in [7, 11) is 2.18. The van der Waals surface area contributed by atoms with Crippen LogP contribution in [-0.4, -0.2) is 37.6 Å². The fourth-order valence-corrected chi connectivity index (χ4v) is 1.46. The van der Waals surface area contributed by atoms with E-state index in [9.17, 15) is 0 Å². The molecule has 0 saturated carbocycles. The highest BCUT2D eigenvalue weighted by Gasteiger charge is 2.03. The third kappa shape index (κ3) is 7.34. The highest BCUT2D eigenvalue weighted by Crippen LogP contribution is 2.02. The van der Waals surface area contributed by atoms with Crippen molar-refractivity contribution < 1.29 is 0 Å². The van der Waals surface area contributed by atoms with E-state index in [0.717, 1.165) is 19.0 Å². The van der Waals surface area contributed by atoms with Crippen molar-refractivity contribution in [1.82, 2.24) is 10.2 Å². The van der Waals surface area contributed by atoms with Crippen molar-refractivity contribution in [2.75, 3.05) is 26.7 Å².